The van der Waals surface area contributed by atoms with Crippen LogP contribution in [-0.4, -0.2) is 60.3 Å². The third-order valence-corrected chi connectivity index (χ3v) is 8.43. The van der Waals surface area contributed by atoms with Crippen molar-refractivity contribution < 1.29 is 14.3 Å². The van der Waals surface area contributed by atoms with Crippen molar-refractivity contribution in [3.8, 4) is 5.75 Å². The summed E-state index contributed by atoms with van der Waals surface area (Å²) < 4.78 is 9.88. The molecular weight excluding hydrogens is 482 g/mol. The molecule has 0 unspecified atom stereocenters. The van der Waals surface area contributed by atoms with Gasteiger partial charge in [0, 0.05) is 55.5 Å². The number of carbonyl (C=O) groups is 2. The fourth-order valence-electron chi connectivity index (χ4n) is 6.31. The Bertz CT molecular complexity index is 1560. The molecule has 3 aliphatic rings. The van der Waals surface area contributed by atoms with Crippen LogP contribution in [0.1, 0.15) is 62.4 Å². The summed E-state index contributed by atoms with van der Waals surface area (Å²) >= 11 is 0. The first-order valence-electron chi connectivity index (χ1n) is 13.4. The van der Waals surface area contributed by atoms with E-state index < -0.39 is 0 Å². The van der Waals surface area contributed by atoms with E-state index in [1.165, 1.54) is 0 Å². The molecule has 0 radical (unpaired) electrons. The maximum absolute atomic E-state index is 13.5. The summed E-state index contributed by atoms with van der Waals surface area (Å²) in [5.41, 5.74) is 2.70. The third-order valence-electron chi connectivity index (χ3n) is 8.43. The van der Waals surface area contributed by atoms with Gasteiger partial charge in [0.1, 0.15) is 11.4 Å². The minimum atomic E-state index is -0.260. The number of aromatic nitrogens is 5. The number of nitrogens with one attached hydrogen (secondary N) is 1. The van der Waals surface area contributed by atoms with Gasteiger partial charge in [-0.15, -0.1) is 0 Å². The van der Waals surface area contributed by atoms with Gasteiger partial charge in [0.05, 0.1) is 29.4 Å². The predicted molar refractivity (Wildman–Crippen MR) is 141 cm³/mol. The highest BCUT2D eigenvalue weighted by molar-refractivity contribution is 6.09. The lowest BCUT2D eigenvalue weighted by molar-refractivity contribution is -0.145. The first kappa shape index (κ1) is 23.2. The summed E-state index contributed by atoms with van der Waals surface area (Å²) in [5.74, 6) is 0.913. The van der Waals surface area contributed by atoms with Crippen LogP contribution in [0.2, 0.25) is 0 Å². The van der Waals surface area contributed by atoms with Crippen LogP contribution in [0.25, 0.3) is 16.6 Å². The Kier molecular flexibility index (Phi) is 5.21. The van der Waals surface area contributed by atoms with Gasteiger partial charge in [0.15, 0.2) is 5.65 Å². The van der Waals surface area contributed by atoms with Crippen molar-refractivity contribution in [2.75, 3.05) is 18.4 Å². The molecule has 196 valence electrons. The molecule has 2 saturated carbocycles. The van der Waals surface area contributed by atoms with Crippen LogP contribution in [0.5, 0.6) is 5.75 Å². The zero-order chi connectivity index (χ0) is 26.0. The Morgan fingerprint density at radius 3 is 2.79 bits per heavy atom. The number of nitrogens with zero attached hydrogens (tertiary/aromatic N) is 6. The van der Waals surface area contributed by atoms with Crippen LogP contribution < -0.4 is 10.1 Å². The molecule has 7 rings (SSSR count). The number of benzene rings is 1. The average molecular weight is 514 g/mol. The van der Waals surface area contributed by atoms with Crippen molar-refractivity contribution in [1.29, 1.82) is 0 Å². The van der Waals surface area contributed by atoms with Crippen molar-refractivity contribution >= 4 is 34.1 Å². The molecule has 0 bridgehead atoms. The molecule has 38 heavy (non-hydrogen) atoms. The normalized spacial score (nSPS) is 22.5. The molecule has 10 heteroatoms. The van der Waals surface area contributed by atoms with Gasteiger partial charge < -0.3 is 15.0 Å². The number of likely N-dealkylation sites (tertiary alicyclic amines) is 1. The first-order valence-corrected chi connectivity index (χ1v) is 13.4. The Morgan fingerprint density at radius 1 is 1.18 bits per heavy atom. The highest BCUT2D eigenvalue weighted by Gasteiger charge is 2.48. The second-order valence-corrected chi connectivity index (χ2v) is 11.4. The number of hydrogen-bond donors (Lipinski definition) is 1. The number of hydrogen-bond acceptors (Lipinski definition) is 6. The number of rotatable bonds is 5. The van der Waals surface area contributed by atoms with E-state index in [1.807, 2.05) is 17.0 Å². The van der Waals surface area contributed by atoms with Crippen LogP contribution in [-0.2, 0) is 4.79 Å². The quantitative estimate of drug-likeness (QED) is 0.431. The molecular formula is C28H31N7O3. The van der Waals surface area contributed by atoms with E-state index in [0.717, 1.165) is 56.1 Å². The van der Waals surface area contributed by atoms with E-state index in [1.54, 1.807) is 36.1 Å². The molecule has 4 heterocycles. The summed E-state index contributed by atoms with van der Waals surface area (Å²) in [7, 11) is 0. The molecule has 1 aromatic carbocycles. The summed E-state index contributed by atoms with van der Waals surface area (Å²) in [4.78, 5) is 31.4. The van der Waals surface area contributed by atoms with E-state index in [4.69, 9.17) is 9.84 Å². The molecule has 2 amide bonds. The van der Waals surface area contributed by atoms with Crippen molar-refractivity contribution in [1.82, 2.24) is 29.3 Å². The summed E-state index contributed by atoms with van der Waals surface area (Å²) in [5, 5.41) is 13.1. The van der Waals surface area contributed by atoms with E-state index >= 15 is 0 Å². The van der Waals surface area contributed by atoms with E-state index in [9.17, 15) is 9.59 Å². The fourth-order valence-corrected chi connectivity index (χ4v) is 6.31. The molecule has 3 aromatic heterocycles. The zero-order valence-corrected chi connectivity index (χ0v) is 21.6. The highest BCUT2D eigenvalue weighted by atomic mass is 16.5. The summed E-state index contributed by atoms with van der Waals surface area (Å²) in [6.07, 6.45) is 12.5. The Morgan fingerprint density at radius 2 is 2.03 bits per heavy atom. The minimum Gasteiger partial charge on any atom is -0.490 e. The van der Waals surface area contributed by atoms with Gasteiger partial charge in [-0.05, 0) is 50.2 Å². The molecule has 1 N–H and O–H groups in total. The highest BCUT2D eigenvalue weighted by Crippen LogP contribution is 2.49. The number of carbonyl (C=O) groups excluding carboxylic acids is 2. The maximum atomic E-state index is 13.5. The zero-order valence-electron chi connectivity index (χ0n) is 21.6. The van der Waals surface area contributed by atoms with Gasteiger partial charge in [0.25, 0.3) is 5.91 Å². The molecule has 4 aromatic rings. The van der Waals surface area contributed by atoms with Crippen LogP contribution in [0.3, 0.4) is 0 Å². The second kappa shape index (κ2) is 8.54. The van der Waals surface area contributed by atoms with Crippen molar-refractivity contribution in [2.24, 2.45) is 11.3 Å². The number of fused-ring (bicyclic) bond motifs is 2. The maximum Gasteiger partial charge on any atom is 0.259 e. The minimum absolute atomic E-state index is 0.145. The van der Waals surface area contributed by atoms with Crippen LogP contribution >= 0.6 is 0 Å². The van der Waals surface area contributed by atoms with Crippen LogP contribution in [0.15, 0.2) is 43.0 Å². The molecule has 1 aliphatic heterocycles. The number of ether oxygens (including phenoxy) is 1. The lowest BCUT2D eigenvalue weighted by Gasteiger charge is -2.55. The number of anilines is 1. The third kappa shape index (κ3) is 3.99. The first-order chi connectivity index (χ1) is 18.4. The van der Waals surface area contributed by atoms with E-state index in [-0.39, 0.29) is 29.4 Å². The molecule has 2 atom stereocenters. The van der Waals surface area contributed by atoms with Gasteiger partial charge in [-0.1, -0.05) is 6.92 Å². The number of amides is 2. The lowest BCUT2D eigenvalue weighted by atomic mass is 9.64. The van der Waals surface area contributed by atoms with Crippen molar-refractivity contribution in [2.45, 2.75) is 58.1 Å². The summed E-state index contributed by atoms with van der Waals surface area (Å²) in [6, 6.07) is 5.86. The topological polar surface area (TPSA) is 107 Å². The lowest BCUT2D eigenvalue weighted by Crippen LogP contribution is -2.60. The molecule has 2 aliphatic carbocycles. The van der Waals surface area contributed by atoms with Crippen LogP contribution in [0, 0.1) is 11.3 Å². The smallest absolute Gasteiger partial charge is 0.259 e. The van der Waals surface area contributed by atoms with E-state index in [2.05, 4.69) is 33.2 Å². The van der Waals surface area contributed by atoms with Gasteiger partial charge in [0.2, 0.25) is 5.91 Å². The van der Waals surface area contributed by atoms with Crippen molar-refractivity contribution in [3.05, 3.63) is 48.5 Å². The molecule has 1 spiro atoms. The van der Waals surface area contributed by atoms with Gasteiger partial charge >= 0.3 is 0 Å². The van der Waals surface area contributed by atoms with E-state index in [0.29, 0.717) is 28.6 Å². The standard InChI is InChI=1S/C28H31N7O3/c1-17-12-28(15-33(16-28)18(2)36)7-6-24(17)35-14-19-10-21(25(11-22(19)32-35)38-20-4-5-20)27(37)31-23-13-30-34-9-3-8-29-26(23)34/h3,8-11,13-14,17,20,24H,4-7,12,15-16H2,1-2H3,(H,31,37)/t17-,24-/m0/s1. The summed E-state index contributed by atoms with van der Waals surface area (Å²) in [6.45, 7) is 5.70. The average Bonchev–Trinajstić information content (AvgIpc) is 3.46. The second-order valence-electron chi connectivity index (χ2n) is 11.4. The van der Waals surface area contributed by atoms with Crippen molar-refractivity contribution in [3.63, 3.8) is 0 Å². The molecule has 10 nitrogen and oxygen atoms in total. The Labute approximate surface area is 220 Å². The molecule has 3 fully saturated rings. The van der Waals surface area contributed by atoms with Gasteiger partial charge in [-0.25, -0.2) is 9.50 Å². The Balaban J connectivity index is 1.16. The van der Waals surface area contributed by atoms with Gasteiger partial charge in [-0.3, -0.25) is 14.3 Å². The predicted octanol–water partition coefficient (Wildman–Crippen LogP) is 4.08. The Hall–Kier alpha value is -3.95. The fraction of sp³-hybridized carbons (Fsp3) is 0.464. The van der Waals surface area contributed by atoms with Crippen LogP contribution in [0.4, 0.5) is 5.69 Å². The SMILES string of the molecule is CC(=O)N1CC2(CC[C@H](n3cc4cc(C(=O)Nc5cnn6cccnc56)c(OC5CC5)cc4n3)[C@@H](C)C2)C1. The monoisotopic (exact) mass is 513 g/mol. The largest absolute Gasteiger partial charge is 0.490 e. The molecule has 1 saturated heterocycles. The van der Waals surface area contributed by atoms with Gasteiger partial charge in [-0.2, -0.15) is 10.2 Å².